The van der Waals surface area contributed by atoms with Crippen molar-refractivity contribution in [1.82, 2.24) is 20.2 Å². The van der Waals surface area contributed by atoms with Crippen molar-refractivity contribution in [2.24, 2.45) is 4.99 Å². The monoisotopic (exact) mass is 450 g/mol. The fourth-order valence-corrected chi connectivity index (χ4v) is 3.20. The Hall–Kier alpha value is -3.89. The predicted octanol–water partition coefficient (Wildman–Crippen LogP) is 3.95. The van der Waals surface area contributed by atoms with Crippen molar-refractivity contribution >= 4 is 23.9 Å². The molecule has 0 atom stereocenters. The van der Waals surface area contributed by atoms with E-state index < -0.39 is 17.2 Å². The lowest BCUT2D eigenvalue weighted by molar-refractivity contribution is -0.186. The number of aliphatic imine (C=N–C) groups is 1. The molecule has 168 valence electrons. The zero-order valence-electron chi connectivity index (χ0n) is 17.7. The normalized spacial score (nSPS) is 15.6. The molecule has 0 radical (unpaired) electrons. The van der Waals surface area contributed by atoms with Crippen LogP contribution < -0.4 is 5.32 Å². The van der Waals surface area contributed by atoms with E-state index in [1.165, 1.54) is 37.5 Å². The van der Waals surface area contributed by atoms with Gasteiger partial charge in [-0.1, -0.05) is 12.1 Å². The third-order valence-corrected chi connectivity index (χ3v) is 4.97. The maximum absolute atomic E-state index is 14.6. The summed E-state index contributed by atoms with van der Waals surface area (Å²) in [5, 5.41) is 21.4. The molecule has 8 nitrogen and oxygen atoms in total. The highest BCUT2D eigenvalue weighted by Gasteiger charge is 2.39. The SMILES string of the molecule is C=N/C=C\C(=C(/C)F)c1nnc(Nc2ccc(C3(O)COC3)nc2)nc1-c1ccccc1F. The summed E-state index contributed by atoms with van der Waals surface area (Å²) < 4.78 is 34.0. The molecule has 0 saturated carbocycles. The third kappa shape index (κ3) is 4.66. The van der Waals surface area contributed by atoms with E-state index in [1.807, 2.05) is 0 Å². The van der Waals surface area contributed by atoms with Gasteiger partial charge in [-0.05, 0) is 44.0 Å². The van der Waals surface area contributed by atoms with E-state index in [-0.39, 0.29) is 41.7 Å². The highest BCUT2D eigenvalue weighted by molar-refractivity contribution is 5.82. The Morgan fingerprint density at radius 3 is 2.64 bits per heavy atom. The van der Waals surface area contributed by atoms with Gasteiger partial charge in [0, 0.05) is 17.3 Å². The van der Waals surface area contributed by atoms with E-state index >= 15 is 0 Å². The second-order valence-corrected chi connectivity index (χ2v) is 7.34. The molecule has 3 heterocycles. The number of pyridine rings is 1. The van der Waals surface area contributed by atoms with Crippen LogP contribution in [0.4, 0.5) is 20.4 Å². The van der Waals surface area contributed by atoms with Crippen LogP contribution in [0.1, 0.15) is 18.3 Å². The second-order valence-electron chi connectivity index (χ2n) is 7.34. The topological polar surface area (TPSA) is 105 Å². The molecule has 0 amide bonds. The highest BCUT2D eigenvalue weighted by atomic mass is 19.1. The number of hydrogen-bond acceptors (Lipinski definition) is 8. The Bertz CT molecular complexity index is 1240. The van der Waals surface area contributed by atoms with Gasteiger partial charge in [-0.3, -0.25) is 9.98 Å². The predicted molar refractivity (Wildman–Crippen MR) is 120 cm³/mol. The van der Waals surface area contributed by atoms with Crippen LogP contribution in [0.3, 0.4) is 0 Å². The third-order valence-electron chi connectivity index (χ3n) is 4.97. The smallest absolute Gasteiger partial charge is 0.247 e. The van der Waals surface area contributed by atoms with Crippen molar-refractivity contribution in [3.63, 3.8) is 0 Å². The van der Waals surface area contributed by atoms with Crippen LogP contribution >= 0.6 is 0 Å². The van der Waals surface area contributed by atoms with Crippen molar-refractivity contribution in [3.8, 4) is 11.3 Å². The molecule has 10 heteroatoms. The van der Waals surface area contributed by atoms with E-state index in [9.17, 15) is 13.9 Å². The molecule has 0 bridgehead atoms. The largest absolute Gasteiger partial charge is 0.379 e. The fourth-order valence-electron chi connectivity index (χ4n) is 3.20. The van der Waals surface area contributed by atoms with Crippen LogP contribution in [-0.4, -0.2) is 45.2 Å². The summed E-state index contributed by atoms with van der Waals surface area (Å²) in [5.41, 5.74) is 0.236. The van der Waals surface area contributed by atoms with E-state index in [0.717, 1.165) is 0 Å². The number of nitrogens with one attached hydrogen (secondary N) is 1. The molecule has 2 aromatic heterocycles. The Morgan fingerprint density at radius 2 is 2.03 bits per heavy atom. The summed E-state index contributed by atoms with van der Waals surface area (Å²) in [4.78, 5) is 12.3. The maximum atomic E-state index is 14.6. The van der Waals surface area contributed by atoms with Crippen LogP contribution in [0.25, 0.3) is 16.8 Å². The molecule has 4 rings (SSSR count). The molecule has 1 aliphatic rings. The van der Waals surface area contributed by atoms with Crippen molar-refractivity contribution in [3.05, 3.63) is 77.9 Å². The summed E-state index contributed by atoms with van der Waals surface area (Å²) in [5.74, 6) is -1.06. The standard InChI is InChI=1S/C23H20F2N6O2/c1-14(24)16(9-10-26-2)21-20(17-5-3-4-6-18(17)25)29-22(31-30-21)28-15-7-8-19(27-11-15)23(32)12-33-13-23/h3-11,32H,2,12-13H2,1H3,(H,28,29,31)/b10-9-,16-14-. The number of aliphatic hydroxyl groups is 1. The number of allylic oxidation sites excluding steroid dienone is 3. The Balaban J connectivity index is 1.73. The lowest BCUT2D eigenvalue weighted by Gasteiger charge is -2.35. The molecule has 33 heavy (non-hydrogen) atoms. The summed E-state index contributed by atoms with van der Waals surface area (Å²) >= 11 is 0. The number of aromatic nitrogens is 4. The minimum atomic E-state index is -1.09. The molecule has 0 aliphatic carbocycles. The van der Waals surface area contributed by atoms with Gasteiger partial charge in [-0.2, -0.15) is 0 Å². The molecule has 0 spiro atoms. The Kier molecular flexibility index (Phi) is 6.29. The number of hydrogen-bond donors (Lipinski definition) is 2. The molecular weight excluding hydrogens is 430 g/mol. The molecule has 1 fully saturated rings. The lowest BCUT2D eigenvalue weighted by Crippen LogP contribution is -2.47. The summed E-state index contributed by atoms with van der Waals surface area (Å²) in [6.07, 6.45) is 4.16. The first kappa shape index (κ1) is 22.3. The number of benzene rings is 1. The quantitative estimate of drug-likeness (QED) is 0.415. The molecular formula is C23H20F2N6O2. The van der Waals surface area contributed by atoms with Gasteiger partial charge in [0.1, 0.15) is 23.0 Å². The van der Waals surface area contributed by atoms with Crippen molar-refractivity contribution in [2.75, 3.05) is 18.5 Å². The van der Waals surface area contributed by atoms with E-state index in [1.54, 1.807) is 24.3 Å². The van der Waals surface area contributed by atoms with E-state index in [4.69, 9.17) is 4.74 Å². The molecule has 1 aromatic carbocycles. The van der Waals surface area contributed by atoms with Gasteiger partial charge < -0.3 is 15.2 Å². The minimum Gasteiger partial charge on any atom is -0.379 e. The van der Waals surface area contributed by atoms with E-state index in [0.29, 0.717) is 11.4 Å². The number of rotatable bonds is 7. The number of ether oxygens (including phenoxy) is 1. The minimum absolute atomic E-state index is 0.0474. The van der Waals surface area contributed by atoms with Crippen LogP contribution in [-0.2, 0) is 10.3 Å². The lowest BCUT2D eigenvalue weighted by atomic mass is 9.97. The first-order chi connectivity index (χ1) is 15.9. The van der Waals surface area contributed by atoms with Crippen molar-refractivity contribution in [2.45, 2.75) is 12.5 Å². The van der Waals surface area contributed by atoms with Crippen LogP contribution in [0.15, 0.2) is 65.7 Å². The zero-order valence-corrected chi connectivity index (χ0v) is 17.7. The maximum Gasteiger partial charge on any atom is 0.247 e. The molecule has 0 unspecified atom stereocenters. The van der Waals surface area contributed by atoms with Gasteiger partial charge in [0.25, 0.3) is 0 Å². The first-order valence-corrected chi connectivity index (χ1v) is 9.94. The number of nitrogens with zero attached hydrogens (tertiary/aromatic N) is 5. The number of halogens is 2. The average Bonchev–Trinajstić information content (AvgIpc) is 2.79. The number of anilines is 2. The van der Waals surface area contributed by atoms with Crippen molar-refractivity contribution < 1.29 is 18.6 Å². The van der Waals surface area contributed by atoms with Gasteiger partial charge in [-0.15, -0.1) is 10.2 Å². The molecule has 2 N–H and O–H groups in total. The van der Waals surface area contributed by atoms with Crippen LogP contribution in [0.5, 0.6) is 0 Å². The highest BCUT2D eigenvalue weighted by Crippen LogP contribution is 2.32. The summed E-state index contributed by atoms with van der Waals surface area (Å²) in [6, 6.07) is 9.32. The van der Waals surface area contributed by atoms with Gasteiger partial charge in [-0.25, -0.2) is 13.8 Å². The summed E-state index contributed by atoms with van der Waals surface area (Å²) in [7, 11) is 0. The molecule has 1 saturated heterocycles. The fraction of sp³-hybridized carbons (Fsp3) is 0.174. The Labute approximate surface area is 188 Å². The Morgan fingerprint density at radius 1 is 1.24 bits per heavy atom. The molecule has 3 aromatic rings. The van der Waals surface area contributed by atoms with Crippen LogP contribution in [0.2, 0.25) is 0 Å². The summed E-state index contributed by atoms with van der Waals surface area (Å²) in [6.45, 7) is 4.96. The van der Waals surface area contributed by atoms with Gasteiger partial charge in [0.05, 0.1) is 30.8 Å². The van der Waals surface area contributed by atoms with Crippen molar-refractivity contribution in [1.29, 1.82) is 0 Å². The van der Waals surface area contributed by atoms with E-state index in [2.05, 4.69) is 37.2 Å². The van der Waals surface area contributed by atoms with Crippen LogP contribution in [0, 0.1) is 5.82 Å². The van der Waals surface area contributed by atoms with Gasteiger partial charge in [0.2, 0.25) is 5.95 Å². The molecule has 1 aliphatic heterocycles. The van der Waals surface area contributed by atoms with Gasteiger partial charge in [0.15, 0.2) is 5.60 Å². The average molecular weight is 450 g/mol. The zero-order chi connectivity index (χ0) is 23.4. The van der Waals surface area contributed by atoms with Gasteiger partial charge >= 0.3 is 0 Å². The second kappa shape index (κ2) is 9.31. The first-order valence-electron chi connectivity index (χ1n) is 9.94.